The summed E-state index contributed by atoms with van der Waals surface area (Å²) in [6.45, 7) is 2.07. The van der Waals surface area contributed by atoms with E-state index >= 15 is 0 Å². The lowest BCUT2D eigenvalue weighted by atomic mass is 10.1. The smallest absolute Gasteiger partial charge is 0.131 e. The highest BCUT2D eigenvalue weighted by atomic mass is 14.8. The first kappa shape index (κ1) is 7.10. The van der Waals surface area contributed by atoms with Crippen LogP contribution in [0.5, 0.6) is 0 Å². The summed E-state index contributed by atoms with van der Waals surface area (Å²) in [7, 11) is 0. The second-order valence-electron chi connectivity index (χ2n) is 2.92. The van der Waals surface area contributed by atoms with Crippen molar-refractivity contribution in [1.29, 1.82) is 0 Å². The van der Waals surface area contributed by atoms with E-state index < -0.39 is 0 Å². The average molecular weight is 158 g/mol. The van der Waals surface area contributed by atoms with Gasteiger partial charge < -0.3 is 5.73 Å². The van der Waals surface area contributed by atoms with Gasteiger partial charge in [-0.2, -0.15) is 0 Å². The molecule has 2 heteroatoms. The number of hydrogen-bond acceptors (Lipinski definition) is 2. The molecule has 2 nitrogen and oxygen atoms in total. The molecule has 1 heterocycles. The Morgan fingerprint density at radius 2 is 2.08 bits per heavy atom. The van der Waals surface area contributed by atoms with Crippen LogP contribution in [0.25, 0.3) is 10.8 Å². The molecule has 0 saturated heterocycles. The van der Waals surface area contributed by atoms with Crippen molar-refractivity contribution < 1.29 is 0 Å². The van der Waals surface area contributed by atoms with Crippen molar-refractivity contribution in [3.05, 3.63) is 36.0 Å². The molecule has 0 saturated carbocycles. The van der Waals surface area contributed by atoms with Crippen molar-refractivity contribution in [2.45, 2.75) is 6.92 Å². The number of nitrogens with two attached hydrogens (primary N) is 1. The minimum atomic E-state index is 0.604. The molecule has 0 amide bonds. The summed E-state index contributed by atoms with van der Waals surface area (Å²) in [5.41, 5.74) is 6.94. The topological polar surface area (TPSA) is 38.9 Å². The number of hydrogen-bond donors (Lipinski definition) is 1. The Kier molecular flexibility index (Phi) is 1.47. The zero-order valence-corrected chi connectivity index (χ0v) is 6.91. The van der Waals surface area contributed by atoms with E-state index in [1.165, 1.54) is 5.56 Å². The van der Waals surface area contributed by atoms with Gasteiger partial charge in [0.1, 0.15) is 5.82 Å². The van der Waals surface area contributed by atoms with Gasteiger partial charge in [-0.05, 0) is 18.4 Å². The minimum Gasteiger partial charge on any atom is -0.383 e. The summed E-state index contributed by atoms with van der Waals surface area (Å²) >= 11 is 0. The molecule has 2 aromatic rings. The Bertz CT molecular complexity index is 421. The number of aromatic nitrogens is 1. The predicted molar refractivity (Wildman–Crippen MR) is 50.9 cm³/mol. The molecule has 0 unspecified atom stereocenters. The number of anilines is 1. The summed E-state index contributed by atoms with van der Waals surface area (Å²) in [4.78, 5) is 4.01. The van der Waals surface area contributed by atoms with E-state index in [9.17, 15) is 0 Å². The summed E-state index contributed by atoms with van der Waals surface area (Å²) in [6, 6.07) is 8.12. The van der Waals surface area contributed by atoms with Crippen molar-refractivity contribution in [3.8, 4) is 0 Å². The Morgan fingerprint density at radius 3 is 2.92 bits per heavy atom. The Balaban J connectivity index is 2.86. The van der Waals surface area contributed by atoms with E-state index in [-0.39, 0.29) is 0 Å². The molecular formula is C10H10N2. The maximum atomic E-state index is 5.70. The van der Waals surface area contributed by atoms with Gasteiger partial charge in [-0.1, -0.05) is 23.8 Å². The fourth-order valence-corrected chi connectivity index (χ4v) is 1.32. The van der Waals surface area contributed by atoms with Crippen LogP contribution in [0.15, 0.2) is 30.5 Å². The van der Waals surface area contributed by atoms with E-state index in [2.05, 4.69) is 18.0 Å². The van der Waals surface area contributed by atoms with Gasteiger partial charge in [-0.3, -0.25) is 0 Å². The second-order valence-corrected chi connectivity index (χ2v) is 2.92. The van der Waals surface area contributed by atoms with E-state index in [0.717, 1.165) is 10.8 Å². The molecular weight excluding hydrogens is 148 g/mol. The molecule has 1 aromatic heterocycles. The maximum Gasteiger partial charge on any atom is 0.131 e. The molecule has 2 N–H and O–H groups in total. The van der Waals surface area contributed by atoms with E-state index in [1.54, 1.807) is 6.20 Å². The van der Waals surface area contributed by atoms with Crippen LogP contribution >= 0.6 is 0 Å². The van der Waals surface area contributed by atoms with Crippen LogP contribution in [0.1, 0.15) is 5.56 Å². The molecule has 0 aliphatic rings. The van der Waals surface area contributed by atoms with Crippen molar-refractivity contribution in [1.82, 2.24) is 4.98 Å². The van der Waals surface area contributed by atoms with Crippen LogP contribution in [-0.2, 0) is 0 Å². The van der Waals surface area contributed by atoms with Crippen LogP contribution in [0.4, 0.5) is 5.82 Å². The molecule has 60 valence electrons. The zero-order chi connectivity index (χ0) is 8.55. The van der Waals surface area contributed by atoms with Gasteiger partial charge in [0, 0.05) is 11.6 Å². The molecule has 0 bridgehead atoms. The van der Waals surface area contributed by atoms with E-state index in [4.69, 9.17) is 5.73 Å². The average Bonchev–Trinajstić information content (AvgIpc) is 2.04. The van der Waals surface area contributed by atoms with Gasteiger partial charge in [0.25, 0.3) is 0 Å². The lowest BCUT2D eigenvalue weighted by Gasteiger charge is -2.00. The molecule has 1 aromatic carbocycles. The van der Waals surface area contributed by atoms with Gasteiger partial charge in [-0.25, -0.2) is 4.98 Å². The number of rotatable bonds is 0. The van der Waals surface area contributed by atoms with Crippen molar-refractivity contribution in [2.75, 3.05) is 5.73 Å². The number of pyridine rings is 1. The lowest BCUT2D eigenvalue weighted by Crippen LogP contribution is -1.90. The fraction of sp³-hybridized carbons (Fsp3) is 0.100. The quantitative estimate of drug-likeness (QED) is 0.637. The fourth-order valence-electron chi connectivity index (χ4n) is 1.32. The van der Waals surface area contributed by atoms with Gasteiger partial charge in [0.15, 0.2) is 0 Å². The molecule has 0 radical (unpaired) electrons. The SMILES string of the molecule is Cc1ccc2c(N)nccc2c1. The summed E-state index contributed by atoms with van der Waals surface area (Å²) in [6.07, 6.45) is 1.73. The van der Waals surface area contributed by atoms with Crippen LogP contribution in [-0.4, -0.2) is 4.98 Å². The number of nitrogen functional groups attached to an aromatic ring is 1. The highest BCUT2D eigenvalue weighted by Crippen LogP contribution is 2.19. The number of aryl methyl sites for hydroxylation is 1. The monoisotopic (exact) mass is 158 g/mol. The van der Waals surface area contributed by atoms with Gasteiger partial charge in [0.05, 0.1) is 0 Å². The summed E-state index contributed by atoms with van der Waals surface area (Å²) in [5.74, 6) is 0.604. The molecule has 2 rings (SSSR count). The third kappa shape index (κ3) is 1.01. The first-order valence-corrected chi connectivity index (χ1v) is 3.88. The molecule has 0 spiro atoms. The third-order valence-corrected chi connectivity index (χ3v) is 1.95. The molecule has 12 heavy (non-hydrogen) atoms. The molecule has 0 atom stereocenters. The third-order valence-electron chi connectivity index (χ3n) is 1.95. The first-order chi connectivity index (χ1) is 5.77. The minimum absolute atomic E-state index is 0.604. The van der Waals surface area contributed by atoms with Crippen LogP contribution in [0, 0.1) is 6.92 Å². The van der Waals surface area contributed by atoms with E-state index in [0.29, 0.717) is 5.82 Å². The highest BCUT2D eigenvalue weighted by molar-refractivity contribution is 5.91. The van der Waals surface area contributed by atoms with Crippen molar-refractivity contribution in [3.63, 3.8) is 0 Å². The normalized spacial score (nSPS) is 10.4. The Hall–Kier alpha value is -1.57. The predicted octanol–water partition coefficient (Wildman–Crippen LogP) is 2.13. The Morgan fingerprint density at radius 1 is 1.25 bits per heavy atom. The zero-order valence-electron chi connectivity index (χ0n) is 6.91. The number of fused-ring (bicyclic) bond motifs is 1. The standard InChI is InChI=1S/C10H10N2/c1-7-2-3-9-8(6-7)4-5-12-10(9)11/h2-6H,1H3,(H2,11,12). The number of benzene rings is 1. The summed E-state index contributed by atoms with van der Waals surface area (Å²) < 4.78 is 0. The van der Waals surface area contributed by atoms with Crippen molar-refractivity contribution >= 4 is 16.6 Å². The van der Waals surface area contributed by atoms with Crippen LogP contribution in [0.3, 0.4) is 0 Å². The maximum absolute atomic E-state index is 5.70. The second kappa shape index (κ2) is 2.48. The van der Waals surface area contributed by atoms with Crippen LogP contribution in [0.2, 0.25) is 0 Å². The molecule has 0 aliphatic heterocycles. The first-order valence-electron chi connectivity index (χ1n) is 3.88. The highest BCUT2D eigenvalue weighted by Gasteiger charge is 1.96. The molecule has 0 aliphatic carbocycles. The number of nitrogens with zero attached hydrogens (tertiary/aromatic N) is 1. The Labute approximate surface area is 71.0 Å². The molecule has 0 fully saturated rings. The van der Waals surface area contributed by atoms with Crippen molar-refractivity contribution in [2.24, 2.45) is 0 Å². The largest absolute Gasteiger partial charge is 0.383 e. The summed E-state index contributed by atoms with van der Waals surface area (Å²) in [5, 5.41) is 2.19. The van der Waals surface area contributed by atoms with Gasteiger partial charge in [0.2, 0.25) is 0 Å². The van der Waals surface area contributed by atoms with Gasteiger partial charge >= 0.3 is 0 Å². The van der Waals surface area contributed by atoms with Gasteiger partial charge in [-0.15, -0.1) is 0 Å². The van der Waals surface area contributed by atoms with Crippen LogP contribution < -0.4 is 5.73 Å². The lowest BCUT2D eigenvalue weighted by molar-refractivity contribution is 1.36. The van der Waals surface area contributed by atoms with E-state index in [1.807, 2.05) is 18.2 Å².